The standard InChI is InChI=1S/C13H27N3O/c1-4-16-5-6-17-13(10-16)8-14-12-7-11(2)15(3)9-12/h11-14H,4-10H2,1-3H3. The Morgan fingerprint density at radius 1 is 1.35 bits per heavy atom. The van der Waals surface area contributed by atoms with Gasteiger partial charge in [0.2, 0.25) is 0 Å². The molecule has 2 aliphatic rings. The first-order valence-electron chi connectivity index (χ1n) is 6.96. The third kappa shape index (κ3) is 3.65. The molecule has 100 valence electrons. The Bertz CT molecular complexity index is 227. The number of nitrogens with one attached hydrogen (secondary N) is 1. The van der Waals surface area contributed by atoms with Crippen molar-refractivity contribution in [3.05, 3.63) is 0 Å². The summed E-state index contributed by atoms with van der Waals surface area (Å²) in [7, 11) is 2.21. The molecule has 2 heterocycles. The van der Waals surface area contributed by atoms with E-state index in [-0.39, 0.29) is 0 Å². The van der Waals surface area contributed by atoms with Gasteiger partial charge in [-0.15, -0.1) is 0 Å². The Morgan fingerprint density at radius 3 is 2.82 bits per heavy atom. The van der Waals surface area contributed by atoms with E-state index in [1.54, 1.807) is 0 Å². The smallest absolute Gasteiger partial charge is 0.0826 e. The molecule has 4 heteroatoms. The molecule has 1 N–H and O–H groups in total. The molecular weight excluding hydrogens is 214 g/mol. The van der Waals surface area contributed by atoms with E-state index in [2.05, 4.69) is 36.0 Å². The van der Waals surface area contributed by atoms with Gasteiger partial charge < -0.3 is 15.0 Å². The highest BCUT2D eigenvalue weighted by Crippen LogP contribution is 2.15. The molecule has 2 rings (SSSR count). The van der Waals surface area contributed by atoms with Crippen molar-refractivity contribution in [1.82, 2.24) is 15.1 Å². The van der Waals surface area contributed by atoms with Crippen molar-refractivity contribution in [3.8, 4) is 0 Å². The minimum Gasteiger partial charge on any atom is -0.374 e. The molecule has 4 nitrogen and oxygen atoms in total. The van der Waals surface area contributed by atoms with Gasteiger partial charge in [-0.2, -0.15) is 0 Å². The first-order valence-corrected chi connectivity index (χ1v) is 6.96. The molecule has 3 atom stereocenters. The van der Waals surface area contributed by atoms with Crippen LogP contribution in [0.15, 0.2) is 0 Å². The third-order valence-electron chi connectivity index (χ3n) is 4.19. The fourth-order valence-electron chi connectivity index (χ4n) is 2.83. The summed E-state index contributed by atoms with van der Waals surface area (Å²) >= 11 is 0. The summed E-state index contributed by atoms with van der Waals surface area (Å²) in [6.07, 6.45) is 1.64. The fourth-order valence-corrected chi connectivity index (χ4v) is 2.83. The summed E-state index contributed by atoms with van der Waals surface area (Å²) in [5.74, 6) is 0. The van der Waals surface area contributed by atoms with Crippen molar-refractivity contribution in [2.75, 3.05) is 46.4 Å². The van der Waals surface area contributed by atoms with E-state index in [9.17, 15) is 0 Å². The highest BCUT2D eigenvalue weighted by molar-refractivity contribution is 4.86. The van der Waals surface area contributed by atoms with Crippen LogP contribution in [0.5, 0.6) is 0 Å². The van der Waals surface area contributed by atoms with Gasteiger partial charge in [0.05, 0.1) is 12.7 Å². The minimum absolute atomic E-state index is 0.380. The maximum absolute atomic E-state index is 5.81. The number of ether oxygens (including phenoxy) is 1. The molecule has 0 bridgehead atoms. The predicted octanol–water partition coefficient (Wildman–Crippen LogP) is 0.389. The molecule has 0 aromatic carbocycles. The van der Waals surface area contributed by atoms with E-state index in [0.717, 1.165) is 32.8 Å². The van der Waals surface area contributed by atoms with Crippen molar-refractivity contribution in [2.24, 2.45) is 0 Å². The van der Waals surface area contributed by atoms with Crippen LogP contribution in [0.3, 0.4) is 0 Å². The van der Waals surface area contributed by atoms with Gasteiger partial charge in [0.15, 0.2) is 0 Å². The van der Waals surface area contributed by atoms with E-state index >= 15 is 0 Å². The monoisotopic (exact) mass is 241 g/mol. The topological polar surface area (TPSA) is 27.7 Å². The quantitative estimate of drug-likeness (QED) is 0.770. The lowest BCUT2D eigenvalue weighted by atomic mass is 10.2. The van der Waals surface area contributed by atoms with E-state index in [0.29, 0.717) is 18.2 Å². The average molecular weight is 241 g/mol. The summed E-state index contributed by atoms with van der Waals surface area (Å²) in [4.78, 5) is 4.90. The van der Waals surface area contributed by atoms with E-state index in [4.69, 9.17) is 4.74 Å². The fraction of sp³-hybridized carbons (Fsp3) is 1.00. The second-order valence-corrected chi connectivity index (χ2v) is 5.52. The van der Waals surface area contributed by atoms with Gasteiger partial charge in [0.25, 0.3) is 0 Å². The molecule has 0 spiro atoms. The van der Waals surface area contributed by atoms with Crippen molar-refractivity contribution in [2.45, 2.75) is 38.5 Å². The second kappa shape index (κ2) is 6.14. The normalized spacial score (nSPS) is 36.5. The largest absolute Gasteiger partial charge is 0.374 e. The van der Waals surface area contributed by atoms with Crippen LogP contribution in [-0.2, 0) is 4.74 Å². The highest BCUT2D eigenvalue weighted by Gasteiger charge is 2.27. The van der Waals surface area contributed by atoms with Gasteiger partial charge in [-0.05, 0) is 26.9 Å². The van der Waals surface area contributed by atoms with Gasteiger partial charge in [-0.1, -0.05) is 6.92 Å². The zero-order chi connectivity index (χ0) is 12.3. The Kier molecular flexibility index (Phi) is 4.79. The van der Waals surface area contributed by atoms with Crippen LogP contribution in [0.4, 0.5) is 0 Å². The van der Waals surface area contributed by atoms with Gasteiger partial charge in [0.1, 0.15) is 0 Å². The first kappa shape index (κ1) is 13.3. The van der Waals surface area contributed by atoms with Gasteiger partial charge in [-0.3, -0.25) is 4.90 Å². The van der Waals surface area contributed by atoms with E-state index < -0.39 is 0 Å². The number of hydrogen-bond acceptors (Lipinski definition) is 4. The molecule has 3 unspecified atom stereocenters. The van der Waals surface area contributed by atoms with Gasteiger partial charge in [-0.25, -0.2) is 0 Å². The molecule has 0 saturated carbocycles. The zero-order valence-electron chi connectivity index (χ0n) is 11.5. The minimum atomic E-state index is 0.380. The maximum atomic E-state index is 5.81. The Labute approximate surface area is 105 Å². The lowest BCUT2D eigenvalue weighted by molar-refractivity contribution is -0.0262. The van der Waals surface area contributed by atoms with Crippen LogP contribution in [-0.4, -0.2) is 74.4 Å². The molecule has 2 saturated heterocycles. The van der Waals surface area contributed by atoms with Crippen LogP contribution >= 0.6 is 0 Å². The number of hydrogen-bond donors (Lipinski definition) is 1. The van der Waals surface area contributed by atoms with Crippen LogP contribution in [0.1, 0.15) is 20.3 Å². The predicted molar refractivity (Wildman–Crippen MR) is 70.4 cm³/mol. The van der Waals surface area contributed by atoms with Crippen molar-refractivity contribution in [3.63, 3.8) is 0 Å². The number of likely N-dealkylation sites (tertiary alicyclic amines) is 1. The Morgan fingerprint density at radius 2 is 2.18 bits per heavy atom. The molecule has 0 amide bonds. The molecule has 17 heavy (non-hydrogen) atoms. The molecular formula is C13H27N3O. The summed E-state index contributed by atoms with van der Waals surface area (Å²) in [5, 5.41) is 3.66. The lowest BCUT2D eigenvalue weighted by Gasteiger charge is -2.32. The van der Waals surface area contributed by atoms with Crippen LogP contribution in [0, 0.1) is 0 Å². The SMILES string of the molecule is CCN1CCOC(CNC2CC(C)N(C)C2)C1. The Hall–Kier alpha value is -0.160. The van der Waals surface area contributed by atoms with Crippen molar-refractivity contribution in [1.29, 1.82) is 0 Å². The second-order valence-electron chi connectivity index (χ2n) is 5.52. The van der Waals surface area contributed by atoms with Crippen LogP contribution < -0.4 is 5.32 Å². The third-order valence-corrected chi connectivity index (χ3v) is 4.19. The Balaban J connectivity index is 1.68. The molecule has 0 aliphatic carbocycles. The lowest BCUT2D eigenvalue weighted by Crippen LogP contribution is -2.48. The van der Waals surface area contributed by atoms with E-state index in [1.165, 1.54) is 13.0 Å². The number of nitrogens with zero attached hydrogens (tertiary/aromatic N) is 2. The number of morpholine rings is 1. The summed E-state index contributed by atoms with van der Waals surface area (Å²) in [6.45, 7) is 10.9. The van der Waals surface area contributed by atoms with Crippen molar-refractivity contribution >= 4 is 0 Å². The molecule has 0 radical (unpaired) electrons. The van der Waals surface area contributed by atoms with Crippen molar-refractivity contribution < 1.29 is 4.74 Å². The molecule has 2 aliphatic heterocycles. The first-order chi connectivity index (χ1) is 8.19. The van der Waals surface area contributed by atoms with Gasteiger partial charge in [0, 0.05) is 38.3 Å². The summed E-state index contributed by atoms with van der Waals surface area (Å²) < 4.78 is 5.81. The summed E-state index contributed by atoms with van der Waals surface area (Å²) in [6, 6.07) is 1.36. The average Bonchev–Trinajstić information content (AvgIpc) is 2.67. The van der Waals surface area contributed by atoms with Crippen LogP contribution in [0.25, 0.3) is 0 Å². The zero-order valence-corrected chi connectivity index (χ0v) is 11.5. The highest BCUT2D eigenvalue weighted by atomic mass is 16.5. The molecule has 0 aromatic rings. The molecule has 2 fully saturated rings. The van der Waals surface area contributed by atoms with E-state index in [1.807, 2.05) is 0 Å². The van der Waals surface area contributed by atoms with Gasteiger partial charge >= 0.3 is 0 Å². The number of likely N-dealkylation sites (N-methyl/N-ethyl adjacent to an activating group) is 2. The summed E-state index contributed by atoms with van der Waals surface area (Å²) in [5.41, 5.74) is 0. The molecule has 0 aromatic heterocycles. The maximum Gasteiger partial charge on any atom is 0.0826 e. The van der Waals surface area contributed by atoms with Crippen LogP contribution in [0.2, 0.25) is 0 Å². The number of rotatable bonds is 4.